The second-order valence-corrected chi connectivity index (χ2v) is 12.4. The lowest BCUT2D eigenvalue weighted by atomic mass is 9.88. The SMILES string of the molecule is Bc1cccc(C2C(C(=O)c3ccc(Cl)cc3)=C(O)C(=O)N2c2ncc(S(=O)(=O)c3ccc([N+](=O)[O-])cc3)s2)c1. The number of thiazole rings is 1. The van der Waals surface area contributed by atoms with Crippen molar-refractivity contribution in [3.05, 3.63) is 117 Å². The molecule has 1 N–H and O–H groups in total. The molecule has 200 valence electrons. The number of hydrogen-bond acceptors (Lipinski definition) is 9. The maximum Gasteiger partial charge on any atom is 0.296 e. The monoisotopic (exact) mass is 593 g/mol. The molecule has 10 nitrogen and oxygen atoms in total. The van der Waals surface area contributed by atoms with Gasteiger partial charge in [-0.3, -0.25) is 24.6 Å². The van der Waals surface area contributed by atoms with Crippen LogP contribution in [0.25, 0.3) is 0 Å². The molecule has 1 aromatic heterocycles. The molecule has 40 heavy (non-hydrogen) atoms. The van der Waals surface area contributed by atoms with Gasteiger partial charge in [0.2, 0.25) is 9.84 Å². The zero-order chi connectivity index (χ0) is 28.8. The van der Waals surface area contributed by atoms with E-state index in [-0.39, 0.29) is 31.1 Å². The third-order valence-corrected chi connectivity index (χ3v) is 9.70. The number of non-ortho nitro benzene ring substituents is 1. The van der Waals surface area contributed by atoms with E-state index >= 15 is 0 Å². The molecule has 5 rings (SSSR count). The van der Waals surface area contributed by atoms with Crippen molar-refractivity contribution in [2.45, 2.75) is 15.1 Å². The summed E-state index contributed by atoms with van der Waals surface area (Å²) >= 11 is 6.63. The number of nitro groups is 1. The number of benzene rings is 3. The molecule has 1 aliphatic heterocycles. The molecule has 1 aliphatic rings. The van der Waals surface area contributed by atoms with Crippen molar-refractivity contribution < 1.29 is 28.0 Å². The van der Waals surface area contributed by atoms with Gasteiger partial charge in [0.05, 0.1) is 27.6 Å². The van der Waals surface area contributed by atoms with E-state index in [0.29, 0.717) is 21.9 Å². The minimum Gasteiger partial charge on any atom is -0.503 e. The summed E-state index contributed by atoms with van der Waals surface area (Å²) in [6.07, 6.45) is 1.06. The van der Waals surface area contributed by atoms with Crippen LogP contribution in [0.2, 0.25) is 5.02 Å². The number of rotatable bonds is 7. The van der Waals surface area contributed by atoms with Gasteiger partial charge in [-0.2, -0.15) is 0 Å². The van der Waals surface area contributed by atoms with Crippen LogP contribution in [-0.4, -0.2) is 43.0 Å². The van der Waals surface area contributed by atoms with Gasteiger partial charge in [-0.15, -0.1) is 0 Å². The van der Waals surface area contributed by atoms with Gasteiger partial charge in [-0.1, -0.05) is 52.7 Å². The van der Waals surface area contributed by atoms with E-state index in [1.165, 1.54) is 24.3 Å². The topological polar surface area (TPSA) is 148 Å². The summed E-state index contributed by atoms with van der Waals surface area (Å²) in [5.41, 5.74) is 1.07. The number of aromatic nitrogens is 1. The van der Waals surface area contributed by atoms with Gasteiger partial charge in [0.15, 0.2) is 16.7 Å². The van der Waals surface area contributed by atoms with E-state index in [0.717, 1.165) is 40.8 Å². The third kappa shape index (κ3) is 4.79. The first-order valence-electron chi connectivity index (χ1n) is 11.6. The minimum absolute atomic E-state index is 0.0672. The molecule has 3 aromatic carbocycles. The molecule has 14 heteroatoms. The summed E-state index contributed by atoms with van der Waals surface area (Å²) in [6, 6.07) is 16.2. The maximum atomic E-state index is 13.6. The van der Waals surface area contributed by atoms with Crippen LogP contribution < -0.4 is 10.4 Å². The van der Waals surface area contributed by atoms with Crippen molar-refractivity contribution in [2.24, 2.45) is 0 Å². The lowest BCUT2D eigenvalue weighted by molar-refractivity contribution is -0.384. The van der Waals surface area contributed by atoms with E-state index < -0.39 is 38.3 Å². The van der Waals surface area contributed by atoms with Crippen molar-refractivity contribution in [1.82, 2.24) is 4.98 Å². The largest absolute Gasteiger partial charge is 0.503 e. The number of sulfone groups is 1. The van der Waals surface area contributed by atoms with Crippen molar-refractivity contribution in [3.8, 4) is 0 Å². The first-order chi connectivity index (χ1) is 19.0. The number of Topliss-reactive ketones (excluding diaryl/α,β-unsaturated/α-hetero) is 1. The molecule has 1 amide bonds. The Kier molecular flexibility index (Phi) is 7.04. The molecular formula is C26H17BClN3O7S2. The maximum absolute atomic E-state index is 13.6. The van der Waals surface area contributed by atoms with Crippen molar-refractivity contribution in [3.63, 3.8) is 0 Å². The lowest BCUT2D eigenvalue weighted by Gasteiger charge is -2.24. The molecule has 1 atom stereocenters. The Morgan fingerprint density at radius 2 is 1.77 bits per heavy atom. The normalized spacial score (nSPS) is 15.5. The predicted octanol–water partition coefficient (Wildman–Crippen LogP) is 3.58. The molecule has 0 aliphatic carbocycles. The quantitative estimate of drug-likeness (QED) is 0.148. The zero-order valence-electron chi connectivity index (χ0n) is 20.5. The number of carbonyl (C=O) groups is 2. The predicted molar refractivity (Wildman–Crippen MR) is 151 cm³/mol. The highest BCUT2D eigenvalue weighted by atomic mass is 35.5. The molecule has 0 bridgehead atoms. The molecule has 0 spiro atoms. The smallest absolute Gasteiger partial charge is 0.296 e. The van der Waals surface area contributed by atoms with Gasteiger partial charge < -0.3 is 5.11 Å². The standard InChI is InChI=1S/C26H17BClN3O7S2/c27-16-3-1-2-15(12-16)22-21(23(32)14-4-6-17(28)7-5-14)24(33)25(34)30(22)26-29-13-20(39-26)40(37,38)19-10-8-18(9-11-19)31(35)36/h1-13,22,33H,27H2. The average molecular weight is 594 g/mol. The van der Waals surface area contributed by atoms with Crippen LogP contribution >= 0.6 is 22.9 Å². The van der Waals surface area contributed by atoms with E-state index in [4.69, 9.17) is 11.6 Å². The second kappa shape index (κ2) is 10.3. The molecule has 0 saturated heterocycles. The number of anilines is 1. The summed E-state index contributed by atoms with van der Waals surface area (Å²) in [5, 5.41) is 22.2. The number of hydrogen-bond donors (Lipinski definition) is 1. The Hall–Kier alpha value is -4.33. The van der Waals surface area contributed by atoms with Gasteiger partial charge >= 0.3 is 0 Å². The van der Waals surface area contributed by atoms with Crippen molar-refractivity contribution in [1.29, 1.82) is 0 Å². The number of amides is 1. The van der Waals surface area contributed by atoms with Gasteiger partial charge in [0, 0.05) is 22.7 Å². The summed E-state index contributed by atoms with van der Waals surface area (Å²) in [7, 11) is -2.32. The Balaban J connectivity index is 1.58. The number of nitrogens with zero attached hydrogens (tertiary/aromatic N) is 3. The number of carbonyl (C=O) groups excluding carboxylic acids is 2. The van der Waals surface area contributed by atoms with Crippen LogP contribution in [0.15, 0.2) is 99.4 Å². The molecule has 0 fully saturated rings. The van der Waals surface area contributed by atoms with Crippen LogP contribution in [0.3, 0.4) is 0 Å². The van der Waals surface area contributed by atoms with Crippen LogP contribution in [0.1, 0.15) is 22.0 Å². The first-order valence-corrected chi connectivity index (χ1v) is 14.3. The lowest BCUT2D eigenvalue weighted by Crippen LogP contribution is -2.31. The van der Waals surface area contributed by atoms with Crippen LogP contribution in [0, 0.1) is 10.1 Å². The molecule has 0 saturated carbocycles. The fraction of sp³-hybridized carbons (Fsp3) is 0.0385. The van der Waals surface area contributed by atoms with E-state index in [2.05, 4.69) is 4.98 Å². The number of aliphatic hydroxyl groups is 1. The Morgan fingerprint density at radius 1 is 1.10 bits per heavy atom. The van der Waals surface area contributed by atoms with Crippen LogP contribution in [0.4, 0.5) is 10.8 Å². The Morgan fingerprint density at radius 3 is 2.40 bits per heavy atom. The minimum atomic E-state index is -4.15. The summed E-state index contributed by atoms with van der Waals surface area (Å²) in [5.74, 6) is -2.30. The van der Waals surface area contributed by atoms with E-state index in [9.17, 15) is 33.2 Å². The Labute approximate surface area is 237 Å². The van der Waals surface area contributed by atoms with Gasteiger partial charge in [0.25, 0.3) is 11.6 Å². The number of nitro benzene ring substituents is 1. The average Bonchev–Trinajstić information content (AvgIpc) is 3.52. The Bertz CT molecular complexity index is 1820. The van der Waals surface area contributed by atoms with Crippen molar-refractivity contribution >= 4 is 68.6 Å². The fourth-order valence-corrected chi connectivity index (χ4v) is 6.97. The fourth-order valence-electron chi connectivity index (χ4n) is 4.30. The van der Waals surface area contributed by atoms with E-state index in [1.807, 2.05) is 13.9 Å². The summed E-state index contributed by atoms with van der Waals surface area (Å²) in [6.45, 7) is 0. The molecule has 0 radical (unpaired) electrons. The summed E-state index contributed by atoms with van der Waals surface area (Å²) in [4.78, 5) is 42.3. The first kappa shape index (κ1) is 27.2. The zero-order valence-corrected chi connectivity index (χ0v) is 22.9. The van der Waals surface area contributed by atoms with Gasteiger partial charge in [-0.05, 0) is 42.0 Å². The van der Waals surface area contributed by atoms with Crippen LogP contribution in [0.5, 0.6) is 0 Å². The van der Waals surface area contributed by atoms with Crippen molar-refractivity contribution in [2.75, 3.05) is 4.90 Å². The number of aliphatic hydroxyl groups excluding tert-OH is 1. The second-order valence-electron chi connectivity index (χ2n) is 8.81. The highest BCUT2D eigenvalue weighted by Gasteiger charge is 2.46. The highest BCUT2D eigenvalue weighted by molar-refractivity contribution is 7.93. The van der Waals surface area contributed by atoms with Gasteiger partial charge in [-0.25, -0.2) is 13.4 Å². The molecule has 1 unspecified atom stereocenters. The van der Waals surface area contributed by atoms with E-state index in [1.54, 1.807) is 18.2 Å². The van der Waals surface area contributed by atoms with Crippen LogP contribution in [-0.2, 0) is 14.6 Å². The molecule has 2 heterocycles. The number of halogens is 1. The summed E-state index contributed by atoms with van der Waals surface area (Å²) < 4.78 is 26.3. The molecular weight excluding hydrogens is 577 g/mol. The third-order valence-electron chi connectivity index (χ3n) is 6.22. The molecule has 4 aromatic rings. The number of ketones is 1. The van der Waals surface area contributed by atoms with Gasteiger partial charge in [0.1, 0.15) is 12.1 Å². The highest BCUT2D eigenvalue weighted by Crippen LogP contribution is 2.44.